The number of thioether (sulfide) groups is 1. The lowest BCUT2D eigenvalue weighted by atomic mass is 9.97. The number of aryl methyl sites for hydroxylation is 2. The minimum absolute atomic E-state index is 0.0297. The molecule has 2 aromatic rings. The van der Waals surface area contributed by atoms with E-state index in [4.69, 9.17) is 5.26 Å². The molecule has 4 nitrogen and oxygen atoms in total. The van der Waals surface area contributed by atoms with Crippen molar-refractivity contribution in [3.63, 3.8) is 0 Å². The van der Waals surface area contributed by atoms with Crippen LogP contribution in [-0.2, 0) is 19.9 Å². The molecule has 0 radical (unpaired) electrons. The Morgan fingerprint density at radius 2 is 2.20 bits per heavy atom. The summed E-state index contributed by atoms with van der Waals surface area (Å²) in [5, 5.41) is 10.2. The van der Waals surface area contributed by atoms with Crippen molar-refractivity contribution in [3.05, 3.63) is 20.8 Å². The van der Waals surface area contributed by atoms with Crippen molar-refractivity contribution in [1.29, 1.82) is 5.26 Å². The van der Waals surface area contributed by atoms with Crippen molar-refractivity contribution in [1.82, 2.24) is 9.55 Å². The van der Waals surface area contributed by atoms with E-state index in [0.29, 0.717) is 5.16 Å². The SMILES string of the molecule is C[C@@H](C#N)Sc1nc2sc3c(c2c(=O)n1C)CCCC3. The zero-order chi connectivity index (χ0) is 14.3. The van der Waals surface area contributed by atoms with Gasteiger partial charge < -0.3 is 0 Å². The Labute approximate surface area is 125 Å². The molecule has 1 aliphatic carbocycles. The van der Waals surface area contributed by atoms with Crippen LogP contribution in [0.1, 0.15) is 30.2 Å². The highest BCUT2D eigenvalue weighted by atomic mass is 32.2. The van der Waals surface area contributed by atoms with Crippen molar-refractivity contribution in [2.24, 2.45) is 7.05 Å². The third kappa shape index (κ3) is 2.15. The van der Waals surface area contributed by atoms with Crippen molar-refractivity contribution in [2.45, 2.75) is 43.0 Å². The minimum Gasteiger partial charge on any atom is -0.290 e. The number of aromatic nitrogens is 2. The topological polar surface area (TPSA) is 58.7 Å². The second-order valence-electron chi connectivity index (χ2n) is 5.04. The molecule has 0 N–H and O–H groups in total. The van der Waals surface area contributed by atoms with Gasteiger partial charge in [-0.15, -0.1) is 11.3 Å². The van der Waals surface area contributed by atoms with Crippen LogP contribution in [0.4, 0.5) is 0 Å². The standard InChI is InChI=1S/C14H15N3OS2/c1-8(7-15)19-14-16-12-11(13(18)17(14)2)9-5-3-4-6-10(9)20-12/h8H,3-6H2,1-2H3/t8-/m0/s1. The number of hydrogen-bond donors (Lipinski definition) is 0. The molecule has 20 heavy (non-hydrogen) atoms. The molecule has 6 heteroatoms. The molecule has 1 aliphatic rings. The molecule has 0 bridgehead atoms. The van der Waals surface area contributed by atoms with Crippen LogP contribution in [0.25, 0.3) is 10.2 Å². The van der Waals surface area contributed by atoms with Crippen LogP contribution >= 0.6 is 23.1 Å². The van der Waals surface area contributed by atoms with E-state index in [1.54, 1.807) is 23.0 Å². The van der Waals surface area contributed by atoms with Crippen LogP contribution in [0.5, 0.6) is 0 Å². The highest BCUT2D eigenvalue weighted by Crippen LogP contribution is 2.34. The van der Waals surface area contributed by atoms with Crippen LogP contribution in [0, 0.1) is 11.3 Å². The van der Waals surface area contributed by atoms with Crippen LogP contribution in [0.15, 0.2) is 9.95 Å². The summed E-state index contributed by atoms with van der Waals surface area (Å²) in [6.07, 6.45) is 4.42. The maximum atomic E-state index is 12.6. The fourth-order valence-corrected chi connectivity index (χ4v) is 4.62. The summed E-state index contributed by atoms with van der Waals surface area (Å²) in [6, 6.07) is 2.17. The van der Waals surface area contributed by atoms with Crippen LogP contribution in [-0.4, -0.2) is 14.8 Å². The van der Waals surface area contributed by atoms with Crippen molar-refractivity contribution >= 4 is 33.3 Å². The molecule has 3 rings (SSSR count). The molecule has 0 aromatic carbocycles. The molecule has 1 atom stereocenters. The van der Waals surface area contributed by atoms with E-state index in [1.807, 2.05) is 6.92 Å². The second kappa shape index (κ2) is 5.23. The van der Waals surface area contributed by atoms with E-state index in [9.17, 15) is 4.79 Å². The summed E-state index contributed by atoms with van der Waals surface area (Å²) >= 11 is 2.99. The largest absolute Gasteiger partial charge is 0.290 e. The molecular weight excluding hydrogens is 290 g/mol. The van der Waals surface area contributed by atoms with E-state index >= 15 is 0 Å². The Morgan fingerprint density at radius 3 is 2.95 bits per heavy atom. The first-order valence-corrected chi connectivity index (χ1v) is 8.39. The van der Waals surface area contributed by atoms with E-state index in [-0.39, 0.29) is 10.8 Å². The number of fused-ring (bicyclic) bond motifs is 3. The van der Waals surface area contributed by atoms with Crippen molar-refractivity contribution in [3.8, 4) is 6.07 Å². The maximum absolute atomic E-state index is 12.6. The summed E-state index contributed by atoms with van der Waals surface area (Å²) in [5.74, 6) is 0. The minimum atomic E-state index is -0.208. The summed E-state index contributed by atoms with van der Waals surface area (Å²) in [7, 11) is 1.74. The third-order valence-corrected chi connectivity index (χ3v) is 5.84. The number of thiophene rings is 1. The zero-order valence-electron chi connectivity index (χ0n) is 11.5. The Kier molecular flexibility index (Phi) is 3.57. The Morgan fingerprint density at radius 1 is 1.45 bits per heavy atom. The third-order valence-electron chi connectivity index (χ3n) is 3.62. The van der Waals surface area contributed by atoms with Crippen molar-refractivity contribution < 1.29 is 0 Å². The highest BCUT2D eigenvalue weighted by Gasteiger charge is 2.21. The fraction of sp³-hybridized carbons (Fsp3) is 0.500. The first kappa shape index (κ1) is 13.7. The van der Waals surface area contributed by atoms with Gasteiger partial charge in [-0.05, 0) is 38.2 Å². The average molecular weight is 305 g/mol. The highest BCUT2D eigenvalue weighted by molar-refractivity contribution is 8.00. The monoisotopic (exact) mass is 305 g/mol. The predicted octanol–water partition coefficient (Wildman–Crippen LogP) is 2.88. The summed E-state index contributed by atoms with van der Waals surface area (Å²) in [5.41, 5.74) is 1.25. The van der Waals surface area contributed by atoms with Crippen LogP contribution < -0.4 is 5.56 Å². The molecule has 0 aliphatic heterocycles. The van der Waals surface area contributed by atoms with Gasteiger partial charge in [-0.3, -0.25) is 9.36 Å². The summed E-state index contributed by atoms with van der Waals surface area (Å²) in [6.45, 7) is 1.82. The lowest BCUT2D eigenvalue weighted by molar-refractivity contribution is 0.695. The molecule has 0 spiro atoms. The van der Waals surface area contributed by atoms with Crippen LogP contribution in [0.2, 0.25) is 0 Å². The van der Waals surface area contributed by atoms with Crippen LogP contribution in [0.3, 0.4) is 0 Å². The average Bonchev–Trinajstić information content (AvgIpc) is 2.82. The fourth-order valence-electron chi connectivity index (χ4n) is 2.56. The quantitative estimate of drug-likeness (QED) is 0.632. The van der Waals surface area contributed by atoms with E-state index in [1.165, 1.54) is 28.6 Å². The van der Waals surface area contributed by atoms with Gasteiger partial charge in [0, 0.05) is 11.9 Å². The van der Waals surface area contributed by atoms with Gasteiger partial charge >= 0.3 is 0 Å². The van der Waals surface area contributed by atoms with Gasteiger partial charge in [-0.1, -0.05) is 11.8 Å². The molecule has 2 aromatic heterocycles. The lowest BCUT2D eigenvalue weighted by Gasteiger charge is -2.11. The van der Waals surface area contributed by atoms with Gasteiger partial charge in [0.1, 0.15) is 4.83 Å². The molecule has 104 valence electrons. The Hall–Kier alpha value is -1.32. The van der Waals surface area contributed by atoms with Gasteiger partial charge in [0.25, 0.3) is 5.56 Å². The number of nitrogens with zero attached hydrogens (tertiary/aromatic N) is 3. The molecular formula is C14H15N3OS2. The second-order valence-corrected chi connectivity index (χ2v) is 7.43. The molecule has 0 fully saturated rings. The first-order chi connectivity index (χ1) is 9.61. The molecule has 0 saturated heterocycles. The van der Waals surface area contributed by atoms with E-state index < -0.39 is 0 Å². The molecule has 0 unspecified atom stereocenters. The number of rotatable bonds is 2. The Bertz CT molecular complexity index is 769. The van der Waals surface area contributed by atoms with E-state index in [2.05, 4.69) is 11.1 Å². The normalized spacial score (nSPS) is 15.8. The zero-order valence-corrected chi connectivity index (χ0v) is 13.1. The smallest absolute Gasteiger partial charge is 0.262 e. The van der Waals surface area contributed by atoms with Gasteiger partial charge in [0.05, 0.1) is 16.7 Å². The lowest BCUT2D eigenvalue weighted by Crippen LogP contribution is -2.21. The van der Waals surface area contributed by atoms with Gasteiger partial charge in [0.15, 0.2) is 5.16 Å². The first-order valence-electron chi connectivity index (χ1n) is 6.69. The van der Waals surface area contributed by atoms with Gasteiger partial charge in [-0.2, -0.15) is 5.26 Å². The number of nitriles is 1. The predicted molar refractivity (Wildman–Crippen MR) is 82.4 cm³/mol. The maximum Gasteiger partial charge on any atom is 0.262 e. The van der Waals surface area contributed by atoms with Crippen molar-refractivity contribution in [2.75, 3.05) is 0 Å². The Balaban J connectivity index is 2.20. The molecule has 2 heterocycles. The van der Waals surface area contributed by atoms with Gasteiger partial charge in [-0.25, -0.2) is 4.98 Å². The number of hydrogen-bond acceptors (Lipinski definition) is 5. The summed E-state index contributed by atoms with van der Waals surface area (Å²) in [4.78, 5) is 19.4. The molecule has 0 amide bonds. The molecule has 0 saturated carbocycles. The summed E-state index contributed by atoms with van der Waals surface area (Å²) < 4.78 is 1.59. The van der Waals surface area contributed by atoms with E-state index in [0.717, 1.165) is 29.5 Å². The van der Waals surface area contributed by atoms with Gasteiger partial charge in [0.2, 0.25) is 0 Å².